The zero-order chi connectivity index (χ0) is 18.5. The average Bonchev–Trinajstić information content (AvgIpc) is 2.64. The van der Waals surface area contributed by atoms with Crippen LogP contribution in [0.25, 0.3) is 11.0 Å². The summed E-state index contributed by atoms with van der Waals surface area (Å²) in [7, 11) is 0. The molecular weight excluding hydrogens is 326 g/mol. The number of hydrogen-bond acceptors (Lipinski definition) is 3. The Morgan fingerprint density at radius 3 is 2.50 bits per heavy atom. The summed E-state index contributed by atoms with van der Waals surface area (Å²) in [5.74, 6) is 0.253. The van der Waals surface area contributed by atoms with E-state index >= 15 is 0 Å². The Morgan fingerprint density at radius 2 is 1.77 bits per heavy atom. The quantitative estimate of drug-likeness (QED) is 0.743. The lowest BCUT2D eigenvalue weighted by molar-refractivity contribution is -0.122. The van der Waals surface area contributed by atoms with Crippen molar-refractivity contribution in [2.75, 3.05) is 0 Å². The Bertz CT molecular complexity index is 948. The Kier molecular flexibility index (Phi) is 5.46. The molecule has 0 saturated carbocycles. The van der Waals surface area contributed by atoms with Gasteiger partial charge in [-0.3, -0.25) is 14.2 Å². The van der Waals surface area contributed by atoms with Gasteiger partial charge < -0.3 is 5.32 Å². The van der Waals surface area contributed by atoms with Gasteiger partial charge in [-0.2, -0.15) is 0 Å². The maximum absolute atomic E-state index is 12.7. The average molecular weight is 349 g/mol. The summed E-state index contributed by atoms with van der Waals surface area (Å²) in [5.41, 5.74) is 2.15. The van der Waals surface area contributed by atoms with Crippen molar-refractivity contribution in [3.63, 3.8) is 0 Å². The largest absolute Gasteiger partial charge is 0.348 e. The standard InChI is InChI=1S/C21H23N3O2/c1-15(2)12-18(16-8-4-3-5-9-16)23-20(25)14-24-19-11-7-6-10-17(19)22-13-21(24)26/h3-11,13,15,18H,12,14H2,1-2H3,(H,23,25)/t18-/m1/s1. The minimum Gasteiger partial charge on any atom is -0.348 e. The predicted octanol–water partition coefficient (Wildman–Crippen LogP) is 3.30. The first-order chi connectivity index (χ1) is 12.5. The Hall–Kier alpha value is -2.95. The fraction of sp³-hybridized carbons (Fsp3) is 0.286. The smallest absolute Gasteiger partial charge is 0.269 e. The van der Waals surface area contributed by atoms with Crippen LogP contribution in [0.3, 0.4) is 0 Å². The van der Waals surface area contributed by atoms with Crippen molar-refractivity contribution < 1.29 is 4.79 Å². The number of nitrogens with zero attached hydrogens (tertiary/aromatic N) is 2. The highest BCUT2D eigenvalue weighted by Gasteiger charge is 2.17. The number of benzene rings is 2. The maximum atomic E-state index is 12.7. The van der Waals surface area contributed by atoms with Crippen molar-refractivity contribution in [2.45, 2.75) is 32.9 Å². The van der Waals surface area contributed by atoms with Crippen molar-refractivity contribution in [3.05, 3.63) is 76.7 Å². The Balaban J connectivity index is 1.83. The molecule has 3 aromatic rings. The lowest BCUT2D eigenvalue weighted by atomic mass is 9.97. The molecule has 2 aromatic carbocycles. The molecule has 26 heavy (non-hydrogen) atoms. The molecule has 0 aliphatic carbocycles. The number of amides is 1. The van der Waals surface area contributed by atoms with Crippen molar-refractivity contribution >= 4 is 16.9 Å². The lowest BCUT2D eigenvalue weighted by Gasteiger charge is -2.21. The van der Waals surface area contributed by atoms with E-state index in [4.69, 9.17) is 0 Å². The van der Waals surface area contributed by atoms with Gasteiger partial charge in [-0.15, -0.1) is 0 Å². The minimum absolute atomic E-state index is 0.0245. The molecule has 134 valence electrons. The van der Waals surface area contributed by atoms with E-state index in [-0.39, 0.29) is 24.1 Å². The van der Waals surface area contributed by atoms with E-state index in [2.05, 4.69) is 24.1 Å². The molecule has 5 nitrogen and oxygen atoms in total. The number of aromatic nitrogens is 2. The van der Waals surface area contributed by atoms with Crippen molar-refractivity contribution in [2.24, 2.45) is 5.92 Å². The summed E-state index contributed by atoms with van der Waals surface area (Å²) in [4.78, 5) is 29.0. The molecule has 0 fully saturated rings. The van der Waals surface area contributed by atoms with Gasteiger partial charge in [0, 0.05) is 0 Å². The lowest BCUT2D eigenvalue weighted by Crippen LogP contribution is -2.35. The molecular formula is C21H23N3O2. The van der Waals surface area contributed by atoms with E-state index in [1.165, 1.54) is 10.8 Å². The van der Waals surface area contributed by atoms with Gasteiger partial charge in [0.05, 0.1) is 23.3 Å². The third-order valence-corrected chi connectivity index (χ3v) is 4.30. The molecule has 0 bridgehead atoms. The second kappa shape index (κ2) is 7.95. The van der Waals surface area contributed by atoms with E-state index in [1.807, 2.05) is 48.5 Å². The first-order valence-corrected chi connectivity index (χ1v) is 8.83. The summed E-state index contributed by atoms with van der Waals surface area (Å²) in [5, 5.41) is 3.09. The fourth-order valence-electron chi connectivity index (χ4n) is 3.10. The van der Waals surface area contributed by atoms with Crippen molar-refractivity contribution in [1.82, 2.24) is 14.9 Å². The number of carbonyl (C=O) groups is 1. The third-order valence-electron chi connectivity index (χ3n) is 4.30. The van der Waals surface area contributed by atoms with Crippen LogP contribution in [-0.2, 0) is 11.3 Å². The van der Waals surface area contributed by atoms with Gasteiger partial charge in [0.1, 0.15) is 6.54 Å². The first-order valence-electron chi connectivity index (χ1n) is 8.83. The van der Waals surface area contributed by atoms with Crippen LogP contribution in [0.15, 0.2) is 65.6 Å². The highest BCUT2D eigenvalue weighted by Crippen LogP contribution is 2.21. The summed E-state index contributed by atoms with van der Waals surface area (Å²) in [6.07, 6.45) is 2.10. The van der Waals surface area contributed by atoms with E-state index in [1.54, 1.807) is 6.07 Å². The zero-order valence-corrected chi connectivity index (χ0v) is 15.1. The molecule has 0 radical (unpaired) electrons. The fourth-order valence-corrected chi connectivity index (χ4v) is 3.10. The van der Waals surface area contributed by atoms with Crippen LogP contribution in [0.2, 0.25) is 0 Å². The third kappa shape index (κ3) is 4.17. The predicted molar refractivity (Wildman–Crippen MR) is 103 cm³/mol. The van der Waals surface area contributed by atoms with E-state index in [0.717, 1.165) is 12.0 Å². The molecule has 0 aliphatic heterocycles. The molecule has 1 amide bonds. The SMILES string of the molecule is CC(C)C[C@@H](NC(=O)Cn1c(=O)cnc2ccccc21)c1ccccc1. The highest BCUT2D eigenvalue weighted by molar-refractivity contribution is 5.80. The van der Waals surface area contributed by atoms with E-state index in [0.29, 0.717) is 17.0 Å². The first kappa shape index (κ1) is 17.9. The zero-order valence-electron chi connectivity index (χ0n) is 15.1. The van der Waals surface area contributed by atoms with Crippen LogP contribution in [-0.4, -0.2) is 15.5 Å². The molecule has 1 heterocycles. The van der Waals surface area contributed by atoms with Crippen LogP contribution in [0.4, 0.5) is 0 Å². The van der Waals surface area contributed by atoms with Gasteiger partial charge in [0.15, 0.2) is 0 Å². The maximum Gasteiger partial charge on any atom is 0.269 e. The molecule has 0 saturated heterocycles. The van der Waals surface area contributed by atoms with Gasteiger partial charge in [-0.1, -0.05) is 56.3 Å². The normalized spacial score (nSPS) is 12.3. The molecule has 3 rings (SSSR count). The van der Waals surface area contributed by atoms with Gasteiger partial charge in [0.2, 0.25) is 5.91 Å². The van der Waals surface area contributed by atoms with Gasteiger partial charge in [0.25, 0.3) is 5.56 Å². The monoisotopic (exact) mass is 349 g/mol. The second-order valence-electron chi connectivity index (χ2n) is 6.83. The summed E-state index contributed by atoms with van der Waals surface area (Å²) < 4.78 is 1.47. The summed E-state index contributed by atoms with van der Waals surface area (Å²) >= 11 is 0. The summed E-state index contributed by atoms with van der Waals surface area (Å²) in [6.45, 7) is 4.23. The van der Waals surface area contributed by atoms with Crippen LogP contribution < -0.4 is 10.9 Å². The molecule has 0 spiro atoms. The van der Waals surface area contributed by atoms with E-state index in [9.17, 15) is 9.59 Å². The number of nitrogens with one attached hydrogen (secondary N) is 1. The highest BCUT2D eigenvalue weighted by atomic mass is 16.2. The number of carbonyl (C=O) groups excluding carboxylic acids is 1. The Labute approximate surface area is 152 Å². The van der Waals surface area contributed by atoms with Crippen LogP contribution in [0, 0.1) is 5.92 Å². The van der Waals surface area contributed by atoms with Gasteiger partial charge in [-0.05, 0) is 30.0 Å². The number of hydrogen-bond donors (Lipinski definition) is 1. The molecule has 0 unspecified atom stereocenters. The molecule has 1 atom stereocenters. The molecule has 1 N–H and O–H groups in total. The second-order valence-corrected chi connectivity index (χ2v) is 6.83. The molecule has 5 heteroatoms. The van der Waals surface area contributed by atoms with Gasteiger partial charge in [-0.25, -0.2) is 4.98 Å². The van der Waals surface area contributed by atoms with Crippen LogP contribution >= 0.6 is 0 Å². The molecule has 0 aliphatic rings. The van der Waals surface area contributed by atoms with E-state index < -0.39 is 0 Å². The Morgan fingerprint density at radius 1 is 1.08 bits per heavy atom. The van der Waals surface area contributed by atoms with Crippen molar-refractivity contribution in [1.29, 1.82) is 0 Å². The van der Waals surface area contributed by atoms with Gasteiger partial charge >= 0.3 is 0 Å². The van der Waals surface area contributed by atoms with Crippen LogP contribution in [0.1, 0.15) is 31.9 Å². The minimum atomic E-state index is -0.279. The van der Waals surface area contributed by atoms with Crippen LogP contribution in [0.5, 0.6) is 0 Å². The van der Waals surface area contributed by atoms with Crippen molar-refractivity contribution in [3.8, 4) is 0 Å². The molecule has 1 aromatic heterocycles. The number of fused-ring (bicyclic) bond motifs is 1. The number of para-hydroxylation sites is 2. The summed E-state index contributed by atoms with van der Waals surface area (Å²) in [6, 6.07) is 17.2. The topological polar surface area (TPSA) is 64.0 Å². The number of rotatable bonds is 6.